The zero-order valence-corrected chi connectivity index (χ0v) is 20.3. The second-order valence-corrected chi connectivity index (χ2v) is 8.15. The average molecular weight is 456 g/mol. The van der Waals surface area contributed by atoms with Gasteiger partial charge in [0.05, 0.1) is 10.7 Å². The molecule has 0 saturated heterocycles. The maximum atomic E-state index is 6.63. The quantitative estimate of drug-likeness (QED) is 0.322. The summed E-state index contributed by atoms with van der Waals surface area (Å²) in [5.41, 5.74) is 5.43. The van der Waals surface area contributed by atoms with Crippen molar-refractivity contribution in [1.29, 1.82) is 0 Å². The molecule has 0 aliphatic rings. The number of nitrogens with zero attached hydrogens (tertiary/aromatic N) is 3. The van der Waals surface area contributed by atoms with Gasteiger partial charge in [-0.15, -0.1) is 0 Å². The van der Waals surface area contributed by atoms with Crippen LogP contribution in [-0.2, 0) is 0 Å². The van der Waals surface area contributed by atoms with E-state index < -0.39 is 0 Å². The predicted molar refractivity (Wildman–Crippen MR) is 138 cm³/mol. The van der Waals surface area contributed by atoms with E-state index in [-0.39, 0.29) is 0 Å². The summed E-state index contributed by atoms with van der Waals surface area (Å²) in [6.45, 7) is 12.6. The SMILES string of the molecule is CCN(CC)c1ccc(N(c2ccc(N(CC)CC)cc2)c2ccc(Cl)cc2Cl)cc1. The van der Waals surface area contributed by atoms with Crippen LogP contribution < -0.4 is 14.7 Å². The van der Waals surface area contributed by atoms with E-state index in [0.717, 1.165) is 43.2 Å². The summed E-state index contributed by atoms with van der Waals surface area (Å²) in [7, 11) is 0. The Kier molecular flexibility index (Phi) is 8.11. The minimum Gasteiger partial charge on any atom is -0.372 e. The van der Waals surface area contributed by atoms with Gasteiger partial charge in [-0.1, -0.05) is 23.2 Å². The van der Waals surface area contributed by atoms with Gasteiger partial charge in [-0.25, -0.2) is 0 Å². The Morgan fingerprint density at radius 1 is 0.548 bits per heavy atom. The van der Waals surface area contributed by atoms with E-state index >= 15 is 0 Å². The van der Waals surface area contributed by atoms with Crippen LogP contribution in [0.2, 0.25) is 10.0 Å². The summed E-state index contributed by atoms with van der Waals surface area (Å²) in [5, 5.41) is 1.25. The molecule has 0 saturated carbocycles. The van der Waals surface area contributed by atoms with Crippen molar-refractivity contribution in [3.8, 4) is 0 Å². The fourth-order valence-corrected chi connectivity index (χ4v) is 4.39. The van der Waals surface area contributed by atoms with Crippen molar-refractivity contribution in [1.82, 2.24) is 0 Å². The Bertz CT molecular complexity index is 907. The number of rotatable bonds is 9. The molecule has 164 valence electrons. The molecule has 0 N–H and O–H groups in total. The van der Waals surface area contributed by atoms with Crippen molar-refractivity contribution in [3.05, 3.63) is 76.8 Å². The van der Waals surface area contributed by atoms with Crippen LogP contribution in [0.25, 0.3) is 0 Å². The minimum atomic E-state index is 0.619. The molecule has 0 aliphatic heterocycles. The lowest BCUT2D eigenvalue weighted by atomic mass is 10.1. The first-order valence-electron chi connectivity index (χ1n) is 11.0. The molecule has 0 aliphatic carbocycles. The molecule has 5 heteroatoms. The van der Waals surface area contributed by atoms with Gasteiger partial charge in [0.25, 0.3) is 0 Å². The van der Waals surface area contributed by atoms with Crippen molar-refractivity contribution in [2.45, 2.75) is 27.7 Å². The summed E-state index contributed by atoms with van der Waals surface area (Å²) >= 11 is 12.8. The Labute approximate surface area is 196 Å². The third-order valence-corrected chi connectivity index (χ3v) is 6.16. The van der Waals surface area contributed by atoms with Gasteiger partial charge in [-0.05, 0) is 94.4 Å². The summed E-state index contributed by atoms with van der Waals surface area (Å²) in [6, 6.07) is 22.9. The van der Waals surface area contributed by atoms with Crippen LogP contribution in [-0.4, -0.2) is 26.2 Å². The van der Waals surface area contributed by atoms with Gasteiger partial charge >= 0.3 is 0 Å². The van der Waals surface area contributed by atoms with Gasteiger partial charge in [-0.2, -0.15) is 0 Å². The van der Waals surface area contributed by atoms with Crippen LogP contribution in [0.4, 0.5) is 28.4 Å². The Morgan fingerprint density at radius 3 is 1.29 bits per heavy atom. The lowest BCUT2D eigenvalue weighted by Gasteiger charge is -2.28. The summed E-state index contributed by atoms with van der Waals surface area (Å²) < 4.78 is 0. The monoisotopic (exact) mass is 455 g/mol. The standard InChI is InChI=1S/C26H31Cl2N3/c1-5-29(6-2)21-10-14-23(15-11-21)31(26-18-9-20(27)19-25(26)28)24-16-12-22(13-17-24)30(7-3)8-4/h9-19H,5-8H2,1-4H3. The molecule has 0 atom stereocenters. The smallest absolute Gasteiger partial charge is 0.0661 e. The van der Waals surface area contributed by atoms with Crippen LogP contribution in [0, 0.1) is 0 Å². The van der Waals surface area contributed by atoms with Crippen molar-refractivity contribution in [2.24, 2.45) is 0 Å². The molecular formula is C26H31Cl2N3. The van der Waals surface area contributed by atoms with Gasteiger partial charge in [0.1, 0.15) is 0 Å². The molecule has 31 heavy (non-hydrogen) atoms. The highest BCUT2D eigenvalue weighted by atomic mass is 35.5. The molecular weight excluding hydrogens is 425 g/mol. The largest absolute Gasteiger partial charge is 0.372 e. The highest BCUT2D eigenvalue weighted by molar-refractivity contribution is 6.36. The van der Waals surface area contributed by atoms with E-state index in [1.165, 1.54) is 11.4 Å². The van der Waals surface area contributed by atoms with E-state index in [0.29, 0.717) is 10.0 Å². The highest BCUT2D eigenvalue weighted by Gasteiger charge is 2.17. The molecule has 3 rings (SSSR count). The first kappa shape index (κ1) is 23.3. The molecule has 0 heterocycles. The Balaban J connectivity index is 2.05. The molecule has 3 aromatic rings. The Morgan fingerprint density at radius 2 is 0.935 bits per heavy atom. The first-order chi connectivity index (χ1) is 15.0. The first-order valence-corrected chi connectivity index (χ1v) is 11.7. The molecule has 3 nitrogen and oxygen atoms in total. The van der Waals surface area contributed by atoms with Gasteiger partial charge < -0.3 is 14.7 Å². The van der Waals surface area contributed by atoms with Crippen LogP contribution in [0.5, 0.6) is 0 Å². The van der Waals surface area contributed by atoms with Crippen LogP contribution >= 0.6 is 23.2 Å². The van der Waals surface area contributed by atoms with Crippen molar-refractivity contribution >= 4 is 51.6 Å². The topological polar surface area (TPSA) is 9.72 Å². The van der Waals surface area contributed by atoms with E-state index in [2.05, 4.69) is 90.9 Å². The highest BCUT2D eigenvalue weighted by Crippen LogP contribution is 2.40. The number of anilines is 5. The lowest BCUT2D eigenvalue weighted by Crippen LogP contribution is -2.22. The second kappa shape index (κ2) is 10.8. The fraction of sp³-hybridized carbons (Fsp3) is 0.308. The minimum absolute atomic E-state index is 0.619. The zero-order valence-electron chi connectivity index (χ0n) is 18.8. The molecule has 0 bridgehead atoms. The molecule has 0 radical (unpaired) electrons. The summed E-state index contributed by atoms with van der Waals surface area (Å²) in [6.07, 6.45) is 0. The van der Waals surface area contributed by atoms with Gasteiger partial charge in [-0.3, -0.25) is 0 Å². The second-order valence-electron chi connectivity index (χ2n) is 7.31. The van der Waals surface area contributed by atoms with Crippen molar-refractivity contribution in [3.63, 3.8) is 0 Å². The van der Waals surface area contributed by atoms with Crippen molar-refractivity contribution < 1.29 is 0 Å². The third kappa shape index (κ3) is 5.28. The number of benzene rings is 3. The van der Waals surface area contributed by atoms with Gasteiger partial charge in [0.15, 0.2) is 0 Å². The normalized spacial score (nSPS) is 10.8. The van der Waals surface area contributed by atoms with E-state index in [4.69, 9.17) is 23.2 Å². The number of hydrogen-bond donors (Lipinski definition) is 0. The van der Waals surface area contributed by atoms with Gasteiger partial charge in [0.2, 0.25) is 0 Å². The molecule has 0 amide bonds. The number of hydrogen-bond acceptors (Lipinski definition) is 3. The molecule has 0 spiro atoms. The summed E-state index contributed by atoms with van der Waals surface area (Å²) in [4.78, 5) is 6.85. The van der Waals surface area contributed by atoms with Crippen LogP contribution in [0.1, 0.15) is 27.7 Å². The van der Waals surface area contributed by atoms with Crippen molar-refractivity contribution in [2.75, 3.05) is 40.9 Å². The average Bonchev–Trinajstić information content (AvgIpc) is 2.79. The lowest BCUT2D eigenvalue weighted by molar-refractivity contribution is 0.866. The van der Waals surface area contributed by atoms with Crippen LogP contribution in [0.15, 0.2) is 66.7 Å². The molecule has 3 aromatic carbocycles. The molecule has 0 unspecified atom stereocenters. The zero-order chi connectivity index (χ0) is 22.4. The third-order valence-electron chi connectivity index (χ3n) is 5.62. The van der Waals surface area contributed by atoms with Gasteiger partial charge in [0, 0.05) is 54.0 Å². The molecule has 0 aromatic heterocycles. The van der Waals surface area contributed by atoms with Crippen LogP contribution in [0.3, 0.4) is 0 Å². The number of halogens is 2. The Hall–Kier alpha value is -2.36. The molecule has 0 fully saturated rings. The maximum Gasteiger partial charge on any atom is 0.0661 e. The fourth-order valence-electron chi connectivity index (χ4n) is 3.89. The predicted octanol–water partition coefficient (Wildman–Crippen LogP) is 8.16. The van der Waals surface area contributed by atoms with E-state index in [1.807, 2.05) is 12.1 Å². The maximum absolute atomic E-state index is 6.63. The van der Waals surface area contributed by atoms with E-state index in [1.54, 1.807) is 6.07 Å². The van der Waals surface area contributed by atoms with E-state index in [9.17, 15) is 0 Å². The summed E-state index contributed by atoms with van der Waals surface area (Å²) in [5.74, 6) is 0.